The van der Waals surface area contributed by atoms with Gasteiger partial charge >= 0.3 is 0 Å². The van der Waals surface area contributed by atoms with Crippen molar-refractivity contribution in [3.8, 4) is 23.0 Å². The van der Waals surface area contributed by atoms with Crippen LogP contribution in [0.4, 0.5) is 11.4 Å². The first-order valence-corrected chi connectivity index (χ1v) is 8.66. The first-order valence-electron chi connectivity index (χ1n) is 8.66. The number of anilines is 2. The Balaban J connectivity index is 2.23. The van der Waals surface area contributed by atoms with Gasteiger partial charge in [0.2, 0.25) is 11.8 Å². The third kappa shape index (κ3) is 5.65. The molecule has 0 aliphatic carbocycles. The van der Waals surface area contributed by atoms with Gasteiger partial charge in [0, 0.05) is 30.8 Å². The lowest BCUT2D eigenvalue weighted by Gasteiger charge is -2.13. The number of hydrogen-bond acceptors (Lipinski definition) is 6. The minimum atomic E-state index is -0.371. The van der Waals surface area contributed by atoms with Crippen LogP contribution in [0.2, 0.25) is 0 Å². The van der Waals surface area contributed by atoms with E-state index in [-0.39, 0.29) is 11.8 Å². The van der Waals surface area contributed by atoms with Gasteiger partial charge in [0.25, 0.3) is 0 Å². The predicted molar refractivity (Wildman–Crippen MR) is 111 cm³/mol. The van der Waals surface area contributed by atoms with Gasteiger partial charge in [0.1, 0.15) is 23.0 Å². The highest BCUT2D eigenvalue weighted by atomic mass is 16.5. The van der Waals surface area contributed by atoms with Gasteiger partial charge < -0.3 is 29.6 Å². The summed E-state index contributed by atoms with van der Waals surface area (Å²) in [5.41, 5.74) is 1.55. The van der Waals surface area contributed by atoms with Crippen molar-refractivity contribution in [2.24, 2.45) is 0 Å². The molecule has 0 heterocycles. The molecule has 0 bridgehead atoms. The molecule has 0 aromatic heterocycles. The quantitative estimate of drug-likeness (QED) is 0.660. The summed E-state index contributed by atoms with van der Waals surface area (Å²) in [6.45, 7) is 1.39. The Kier molecular flexibility index (Phi) is 7.47. The number of carbonyl (C=O) groups excluding carboxylic acids is 2. The van der Waals surface area contributed by atoms with Crippen LogP contribution in [-0.2, 0) is 9.59 Å². The maximum absolute atomic E-state index is 12.4. The number of carbonyl (C=O) groups is 2. The molecule has 2 N–H and O–H groups in total. The minimum absolute atomic E-state index is 0.245. The number of benzene rings is 2. The molecule has 0 atom stereocenters. The van der Waals surface area contributed by atoms with Crippen molar-refractivity contribution in [3.63, 3.8) is 0 Å². The van der Waals surface area contributed by atoms with Gasteiger partial charge in [-0.25, -0.2) is 0 Å². The van der Waals surface area contributed by atoms with E-state index in [0.717, 1.165) is 0 Å². The molecule has 8 nitrogen and oxygen atoms in total. The van der Waals surface area contributed by atoms with Crippen molar-refractivity contribution in [1.82, 2.24) is 0 Å². The third-order valence-electron chi connectivity index (χ3n) is 3.93. The fourth-order valence-electron chi connectivity index (χ4n) is 2.61. The van der Waals surface area contributed by atoms with E-state index in [1.807, 2.05) is 0 Å². The highest BCUT2D eigenvalue weighted by Crippen LogP contribution is 2.35. The van der Waals surface area contributed by atoms with Crippen LogP contribution in [0.3, 0.4) is 0 Å². The summed E-state index contributed by atoms with van der Waals surface area (Å²) in [6, 6.07) is 8.33. The Labute approximate surface area is 169 Å². The molecule has 0 saturated heterocycles. The molecule has 29 heavy (non-hydrogen) atoms. The average molecular weight is 400 g/mol. The fraction of sp³-hybridized carbons (Fsp3) is 0.238. The van der Waals surface area contributed by atoms with Crippen molar-refractivity contribution in [2.75, 3.05) is 39.1 Å². The molecule has 2 aromatic rings. The van der Waals surface area contributed by atoms with Crippen LogP contribution in [0, 0.1) is 0 Å². The average Bonchev–Trinajstić information content (AvgIpc) is 2.71. The lowest BCUT2D eigenvalue weighted by Crippen LogP contribution is -2.10. The van der Waals surface area contributed by atoms with Crippen molar-refractivity contribution in [2.45, 2.75) is 6.92 Å². The number of rotatable bonds is 8. The van der Waals surface area contributed by atoms with Crippen LogP contribution in [0.25, 0.3) is 6.08 Å². The second kappa shape index (κ2) is 10.0. The molecule has 2 amide bonds. The Morgan fingerprint density at radius 1 is 0.828 bits per heavy atom. The van der Waals surface area contributed by atoms with Crippen molar-refractivity contribution in [1.29, 1.82) is 0 Å². The van der Waals surface area contributed by atoms with Crippen LogP contribution in [-0.4, -0.2) is 40.3 Å². The zero-order valence-electron chi connectivity index (χ0n) is 17.0. The van der Waals surface area contributed by atoms with E-state index in [1.54, 1.807) is 43.5 Å². The number of methoxy groups -OCH3 is 4. The number of ether oxygens (including phenoxy) is 4. The molecular weight excluding hydrogens is 376 g/mol. The molecule has 154 valence electrons. The molecule has 0 aliphatic rings. The molecule has 0 aliphatic heterocycles. The number of hydrogen-bond donors (Lipinski definition) is 2. The van der Waals surface area contributed by atoms with E-state index in [9.17, 15) is 9.59 Å². The van der Waals surface area contributed by atoms with E-state index in [2.05, 4.69) is 10.6 Å². The van der Waals surface area contributed by atoms with Gasteiger partial charge in [-0.2, -0.15) is 0 Å². The highest BCUT2D eigenvalue weighted by Gasteiger charge is 2.12. The zero-order chi connectivity index (χ0) is 21.4. The minimum Gasteiger partial charge on any atom is -0.496 e. The molecule has 0 saturated carbocycles. The first-order chi connectivity index (χ1) is 13.9. The standard InChI is InChI=1S/C21H24N2O6/c1-13(24)22-17-10-14(6-8-18(17)27-3)23-21(25)9-7-16-19(28-4)11-15(26-2)12-20(16)29-5/h6-12H,1-5H3,(H,22,24)(H,23,25). The van der Waals surface area contributed by atoms with Crippen LogP contribution in [0.15, 0.2) is 36.4 Å². The lowest BCUT2D eigenvalue weighted by molar-refractivity contribution is -0.114. The molecule has 2 rings (SSSR count). The third-order valence-corrected chi connectivity index (χ3v) is 3.93. The predicted octanol–water partition coefficient (Wildman–Crippen LogP) is 3.33. The molecular formula is C21H24N2O6. The van der Waals surface area contributed by atoms with Gasteiger partial charge in [0.05, 0.1) is 39.7 Å². The second-order valence-corrected chi connectivity index (χ2v) is 5.86. The second-order valence-electron chi connectivity index (χ2n) is 5.86. The molecule has 0 fully saturated rings. The number of nitrogens with one attached hydrogen (secondary N) is 2. The summed E-state index contributed by atoms with van der Waals surface area (Å²) in [6.07, 6.45) is 2.94. The SMILES string of the molecule is COc1cc(OC)c(C=CC(=O)Nc2ccc(OC)c(NC(C)=O)c2)c(OC)c1. The molecule has 0 spiro atoms. The van der Waals surface area contributed by atoms with Gasteiger partial charge in [-0.15, -0.1) is 0 Å². The fourth-order valence-corrected chi connectivity index (χ4v) is 2.61. The van der Waals surface area contributed by atoms with Crippen LogP contribution in [0.5, 0.6) is 23.0 Å². The first kappa shape index (κ1) is 21.6. The maximum Gasteiger partial charge on any atom is 0.248 e. The summed E-state index contributed by atoms with van der Waals surface area (Å²) >= 11 is 0. The van der Waals surface area contributed by atoms with Gasteiger partial charge in [0.15, 0.2) is 0 Å². The summed E-state index contributed by atoms with van der Waals surface area (Å²) in [5, 5.41) is 5.39. The van der Waals surface area contributed by atoms with Gasteiger partial charge in [-0.05, 0) is 24.3 Å². The van der Waals surface area contributed by atoms with E-state index in [0.29, 0.717) is 39.9 Å². The molecule has 0 unspecified atom stereocenters. The Morgan fingerprint density at radius 3 is 1.97 bits per heavy atom. The highest BCUT2D eigenvalue weighted by molar-refractivity contribution is 6.03. The zero-order valence-corrected chi connectivity index (χ0v) is 17.0. The molecule has 2 aromatic carbocycles. The van der Waals surface area contributed by atoms with Crippen LogP contribution < -0.4 is 29.6 Å². The smallest absolute Gasteiger partial charge is 0.248 e. The largest absolute Gasteiger partial charge is 0.496 e. The van der Waals surface area contributed by atoms with E-state index < -0.39 is 0 Å². The lowest BCUT2D eigenvalue weighted by atomic mass is 10.1. The normalized spacial score (nSPS) is 10.4. The van der Waals surface area contributed by atoms with Crippen molar-refractivity contribution < 1.29 is 28.5 Å². The van der Waals surface area contributed by atoms with Crippen molar-refractivity contribution in [3.05, 3.63) is 42.0 Å². The maximum atomic E-state index is 12.4. The van der Waals surface area contributed by atoms with E-state index >= 15 is 0 Å². The summed E-state index contributed by atoms with van der Waals surface area (Å²) in [4.78, 5) is 23.7. The number of amides is 2. The van der Waals surface area contributed by atoms with E-state index in [4.69, 9.17) is 18.9 Å². The topological polar surface area (TPSA) is 95.1 Å². The van der Waals surface area contributed by atoms with Crippen LogP contribution in [0.1, 0.15) is 12.5 Å². The molecule has 8 heteroatoms. The Hall–Kier alpha value is -3.68. The Bertz CT molecular complexity index is 898. The van der Waals surface area contributed by atoms with E-state index in [1.165, 1.54) is 34.3 Å². The van der Waals surface area contributed by atoms with Crippen LogP contribution >= 0.6 is 0 Å². The Morgan fingerprint density at radius 2 is 1.45 bits per heavy atom. The van der Waals surface area contributed by atoms with Crippen molar-refractivity contribution >= 4 is 29.3 Å². The summed E-state index contributed by atoms with van der Waals surface area (Å²) in [5.74, 6) is 1.45. The summed E-state index contributed by atoms with van der Waals surface area (Å²) in [7, 11) is 6.08. The van der Waals surface area contributed by atoms with Gasteiger partial charge in [-0.1, -0.05) is 0 Å². The summed E-state index contributed by atoms with van der Waals surface area (Å²) < 4.78 is 21.1. The van der Waals surface area contributed by atoms with Gasteiger partial charge in [-0.3, -0.25) is 9.59 Å². The monoisotopic (exact) mass is 400 g/mol. The molecule has 0 radical (unpaired) electrons.